The number of hydrogen-bond donors (Lipinski definition) is 4. The monoisotopic (exact) mass is 671 g/mol. The zero-order valence-electron chi connectivity index (χ0n) is 29.7. The number of phosphoric acid groups is 1. The highest BCUT2D eigenvalue weighted by molar-refractivity contribution is 7.47. The molecule has 9 nitrogen and oxygen atoms in total. The molecule has 0 heterocycles. The van der Waals surface area contributed by atoms with Gasteiger partial charge in [-0.25, -0.2) is 4.57 Å². The molecule has 10 heteroatoms. The summed E-state index contributed by atoms with van der Waals surface area (Å²) in [5, 5.41) is 24.4. The highest BCUT2D eigenvalue weighted by atomic mass is 31.2. The summed E-state index contributed by atoms with van der Waals surface area (Å²) in [5.41, 5.74) is 0. The lowest BCUT2D eigenvalue weighted by Gasteiger charge is -2.28. The van der Waals surface area contributed by atoms with Gasteiger partial charge in [-0.15, -0.1) is 0 Å². The second-order valence-corrected chi connectivity index (χ2v) is 14.5. The van der Waals surface area contributed by atoms with Gasteiger partial charge in [0.2, 0.25) is 5.91 Å². The number of unbranched alkanes of at least 4 members (excludes halogenated alkanes) is 9. The molecule has 4 atom stereocenters. The summed E-state index contributed by atoms with van der Waals surface area (Å²) in [6, 6.07) is -1.06. The van der Waals surface area contributed by atoms with Crippen LogP contribution in [0.15, 0.2) is 48.6 Å². The van der Waals surface area contributed by atoms with E-state index in [2.05, 4.69) is 60.8 Å². The molecule has 0 aliphatic rings. The van der Waals surface area contributed by atoms with Gasteiger partial charge in [0.15, 0.2) is 0 Å². The van der Waals surface area contributed by atoms with Gasteiger partial charge in [0, 0.05) is 6.42 Å². The van der Waals surface area contributed by atoms with Crippen LogP contribution in [-0.2, 0) is 18.4 Å². The predicted octanol–water partition coefficient (Wildman–Crippen LogP) is 7.54. The van der Waals surface area contributed by atoms with Crippen LogP contribution in [0.4, 0.5) is 0 Å². The molecule has 0 fully saturated rings. The van der Waals surface area contributed by atoms with Gasteiger partial charge in [0.1, 0.15) is 19.3 Å². The number of hydrogen-bond acceptors (Lipinski definition) is 6. The van der Waals surface area contributed by atoms with Crippen LogP contribution in [0.3, 0.4) is 0 Å². The Kier molecular flexibility index (Phi) is 27.5. The maximum atomic E-state index is 12.7. The van der Waals surface area contributed by atoms with E-state index in [9.17, 15) is 24.5 Å². The molecule has 0 radical (unpaired) electrons. The lowest BCUT2D eigenvalue weighted by atomic mass is 10.0. The summed E-state index contributed by atoms with van der Waals surface area (Å²) in [4.78, 5) is 22.9. The first-order valence-corrected chi connectivity index (χ1v) is 19.0. The van der Waals surface area contributed by atoms with Crippen molar-refractivity contribution in [1.29, 1.82) is 0 Å². The van der Waals surface area contributed by atoms with Gasteiger partial charge in [-0.2, -0.15) is 0 Å². The number of phosphoric ester groups is 1. The Bertz CT molecular complexity index is 915. The van der Waals surface area contributed by atoms with Gasteiger partial charge in [-0.05, 0) is 77.6 Å². The van der Waals surface area contributed by atoms with Crippen molar-refractivity contribution in [3.05, 3.63) is 48.6 Å². The third-order valence-electron chi connectivity index (χ3n) is 7.42. The molecule has 4 N–H and O–H groups in total. The summed E-state index contributed by atoms with van der Waals surface area (Å²) in [7, 11) is 1.39. The molecule has 1 amide bonds. The van der Waals surface area contributed by atoms with Crippen molar-refractivity contribution in [3.8, 4) is 0 Å². The molecule has 0 bridgehead atoms. The molecule has 46 heavy (non-hydrogen) atoms. The average Bonchev–Trinajstić information content (AvgIpc) is 2.99. The molecule has 0 saturated heterocycles. The van der Waals surface area contributed by atoms with Gasteiger partial charge >= 0.3 is 7.82 Å². The summed E-state index contributed by atoms with van der Waals surface area (Å²) in [6.07, 6.45) is 29.1. The van der Waals surface area contributed by atoms with Crippen LogP contribution in [-0.4, -0.2) is 84.6 Å². The summed E-state index contributed by atoms with van der Waals surface area (Å²) < 4.78 is 23.3. The van der Waals surface area contributed by atoms with Crippen molar-refractivity contribution >= 4 is 13.7 Å². The third-order valence-corrected chi connectivity index (χ3v) is 8.41. The first kappa shape index (κ1) is 44.4. The Balaban J connectivity index is 4.79. The van der Waals surface area contributed by atoms with Crippen LogP contribution in [0.25, 0.3) is 0 Å². The number of nitrogens with one attached hydrogen (secondary N) is 1. The van der Waals surface area contributed by atoms with Crippen molar-refractivity contribution in [2.45, 2.75) is 135 Å². The fraction of sp³-hybridized carbons (Fsp3) is 0.750. The SMILES string of the molecule is C/C=C/CC/C=C/CC/C=C/CCCC(O)C(O)C(COP(=O)(O)OCC[N+](C)(C)C)NC(=O)CCCCCCC/C=C\CCC. The Morgan fingerprint density at radius 1 is 0.783 bits per heavy atom. The third kappa shape index (κ3) is 28.6. The lowest BCUT2D eigenvalue weighted by molar-refractivity contribution is -0.870. The highest BCUT2D eigenvalue weighted by Crippen LogP contribution is 2.43. The number of allylic oxidation sites excluding steroid dienone is 8. The number of rotatable bonds is 30. The normalized spacial score (nSPS) is 16.1. The summed E-state index contributed by atoms with van der Waals surface area (Å²) in [6.45, 7) is 4.24. The van der Waals surface area contributed by atoms with E-state index < -0.39 is 32.7 Å². The molecular weight excluding hydrogens is 603 g/mol. The molecule has 0 aromatic carbocycles. The van der Waals surface area contributed by atoms with Crippen molar-refractivity contribution in [2.24, 2.45) is 0 Å². The van der Waals surface area contributed by atoms with Crippen LogP contribution in [0.5, 0.6) is 0 Å². The first-order chi connectivity index (χ1) is 21.9. The Labute approximate surface area is 281 Å². The Morgan fingerprint density at radius 2 is 1.33 bits per heavy atom. The van der Waals surface area contributed by atoms with E-state index in [4.69, 9.17) is 9.05 Å². The van der Waals surface area contributed by atoms with Crippen molar-refractivity contribution in [3.63, 3.8) is 0 Å². The molecular formula is C36H68N2O7P+. The van der Waals surface area contributed by atoms with Crippen LogP contribution in [0.1, 0.15) is 117 Å². The number of carbonyl (C=O) groups excluding carboxylic acids is 1. The predicted molar refractivity (Wildman–Crippen MR) is 190 cm³/mol. The van der Waals surface area contributed by atoms with Gasteiger partial charge in [-0.3, -0.25) is 13.8 Å². The van der Waals surface area contributed by atoms with Gasteiger partial charge < -0.3 is 24.9 Å². The summed E-state index contributed by atoms with van der Waals surface area (Å²) in [5.74, 6) is -0.292. The second kappa shape index (κ2) is 28.4. The highest BCUT2D eigenvalue weighted by Gasteiger charge is 2.31. The number of likely N-dealkylation sites (N-methyl/N-ethyl adjacent to an activating group) is 1. The smallest absolute Gasteiger partial charge is 0.390 e. The van der Waals surface area contributed by atoms with E-state index in [0.29, 0.717) is 30.3 Å². The zero-order chi connectivity index (χ0) is 34.5. The average molecular weight is 672 g/mol. The molecule has 0 aromatic heterocycles. The van der Waals surface area contributed by atoms with Crippen LogP contribution >= 0.6 is 7.82 Å². The van der Waals surface area contributed by atoms with E-state index in [1.165, 1.54) is 6.42 Å². The molecule has 0 saturated carbocycles. The molecule has 0 spiro atoms. The minimum Gasteiger partial charge on any atom is -0.390 e. The largest absolute Gasteiger partial charge is 0.472 e. The number of aliphatic hydroxyl groups is 2. The first-order valence-electron chi connectivity index (χ1n) is 17.6. The number of aliphatic hydroxyl groups excluding tert-OH is 2. The van der Waals surface area contributed by atoms with E-state index in [-0.39, 0.29) is 18.9 Å². The number of nitrogens with zero attached hydrogens (tertiary/aromatic N) is 1. The van der Waals surface area contributed by atoms with Crippen LogP contribution in [0, 0.1) is 0 Å². The molecule has 268 valence electrons. The zero-order valence-corrected chi connectivity index (χ0v) is 30.5. The molecule has 0 aromatic rings. The Morgan fingerprint density at radius 3 is 1.93 bits per heavy atom. The van der Waals surface area contributed by atoms with Crippen LogP contribution < -0.4 is 5.32 Å². The second-order valence-electron chi connectivity index (χ2n) is 13.0. The summed E-state index contributed by atoms with van der Waals surface area (Å²) >= 11 is 0. The van der Waals surface area contributed by atoms with E-state index >= 15 is 0 Å². The molecule has 0 aliphatic heterocycles. The quantitative estimate of drug-likeness (QED) is 0.0269. The molecule has 4 unspecified atom stereocenters. The maximum absolute atomic E-state index is 12.7. The maximum Gasteiger partial charge on any atom is 0.472 e. The van der Waals surface area contributed by atoms with Gasteiger partial charge in [0.05, 0.1) is 39.9 Å². The van der Waals surface area contributed by atoms with E-state index in [1.807, 2.05) is 28.1 Å². The van der Waals surface area contributed by atoms with E-state index in [0.717, 1.165) is 70.6 Å². The minimum atomic E-state index is -4.42. The lowest BCUT2D eigenvalue weighted by Crippen LogP contribution is -2.51. The van der Waals surface area contributed by atoms with Crippen LogP contribution in [0.2, 0.25) is 0 Å². The fourth-order valence-electron chi connectivity index (χ4n) is 4.53. The number of amides is 1. The van der Waals surface area contributed by atoms with E-state index in [1.54, 1.807) is 0 Å². The standard InChI is InChI=1S/C36H67N2O7P/c1-6-8-10-12-14-16-18-19-20-22-24-26-28-34(39)36(41)33(32-45-46(42,43)44-31-30-38(3,4)5)37-35(40)29-27-25-23-21-17-15-13-11-9-7-2/h6,8,11,13-14,16,20,22,33-34,36,39,41H,7,9-10,12,15,17-19,21,23-32H2,1-5H3,(H-,37,40,42,43)/p+1/b8-6+,13-11-,16-14+,22-20+. The Hall–Kier alpha value is -1.58. The van der Waals surface area contributed by atoms with Crippen molar-refractivity contribution in [1.82, 2.24) is 5.32 Å². The van der Waals surface area contributed by atoms with Gasteiger partial charge in [0.25, 0.3) is 0 Å². The molecule has 0 aliphatic carbocycles. The fourth-order valence-corrected chi connectivity index (χ4v) is 5.27. The number of quaternary nitrogens is 1. The topological polar surface area (TPSA) is 125 Å². The van der Waals surface area contributed by atoms with Crippen molar-refractivity contribution in [2.75, 3.05) is 40.9 Å². The number of carbonyl (C=O) groups is 1. The minimum absolute atomic E-state index is 0.00880. The van der Waals surface area contributed by atoms with Crippen molar-refractivity contribution < 1.29 is 38.0 Å². The molecule has 0 rings (SSSR count). The van der Waals surface area contributed by atoms with Gasteiger partial charge in [-0.1, -0.05) is 81.2 Å².